The van der Waals surface area contributed by atoms with Gasteiger partial charge in [-0.1, -0.05) is 10.3 Å². The van der Waals surface area contributed by atoms with Crippen LogP contribution in [-0.4, -0.2) is 15.4 Å². The molecule has 0 spiro atoms. The first-order valence-electron chi connectivity index (χ1n) is 1.61. The van der Waals surface area contributed by atoms with Crippen molar-refractivity contribution in [1.29, 1.82) is 0 Å². The third-order valence-electron chi connectivity index (χ3n) is 0.488. The van der Waals surface area contributed by atoms with Gasteiger partial charge in [0.25, 0.3) is 5.88 Å². The molecule has 38 valence electrons. The Hall–Kier alpha value is -0.710. The normalized spacial score (nSPS) is 8.71. The largest absolute Gasteiger partial charge is 0.406 e. The molecular weight excluding hydrogens is 114 g/mol. The van der Waals surface area contributed by atoms with Crippen molar-refractivity contribution in [3.8, 4) is 5.88 Å². The second-order valence-corrected chi connectivity index (χ2v) is 1.09. The van der Waals surface area contributed by atoms with E-state index >= 15 is 0 Å². The number of nitrogens with zero attached hydrogens (tertiary/aromatic N) is 2. The number of nitrogens with one attached hydrogen (secondary N) is 1. The second kappa shape index (κ2) is 1.83. The summed E-state index contributed by atoms with van der Waals surface area (Å²) in [6.07, 6.45) is 1.49. The van der Waals surface area contributed by atoms with Crippen LogP contribution in [0.1, 0.15) is 0 Å². The zero-order chi connectivity index (χ0) is 5.11. The highest BCUT2D eigenvalue weighted by Crippen LogP contribution is 1.99. The Balaban J connectivity index is 2.76. The van der Waals surface area contributed by atoms with Gasteiger partial charge in [-0.15, -0.1) is 0 Å². The number of hydrogen-bond donors (Lipinski definition) is 2. The van der Waals surface area contributed by atoms with Crippen LogP contribution in [0.3, 0.4) is 0 Å². The van der Waals surface area contributed by atoms with Crippen LogP contribution in [-0.2, 0) is 0 Å². The molecule has 1 aromatic rings. The van der Waals surface area contributed by atoms with Crippen LogP contribution in [0.4, 0.5) is 0 Å². The summed E-state index contributed by atoms with van der Waals surface area (Å²) in [5.74, 6) is 0.378. The quantitative estimate of drug-likeness (QED) is 0.403. The Kier molecular flexibility index (Phi) is 1.16. The molecule has 0 bridgehead atoms. The van der Waals surface area contributed by atoms with Crippen molar-refractivity contribution in [2.45, 2.75) is 0 Å². The van der Waals surface area contributed by atoms with E-state index in [1.54, 1.807) is 0 Å². The van der Waals surface area contributed by atoms with Crippen molar-refractivity contribution in [3.05, 3.63) is 6.20 Å². The monoisotopic (exact) mass is 117 g/mol. The molecule has 4 nitrogen and oxygen atoms in total. The molecule has 0 aliphatic rings. The number of rotatable bonds is 1. The molecule has 0 saturated carbocycles. The summed E-state index contributed by atoms with van der Waals surface area (Å²) in [5, 5.41) is 9.22. The Labute approximate surface area is 45.5 Å². The zero-order valence-electron chi connectivity index (χ0n) is 3.33. The third kappa shape index (κ3) is 0.833. The summed E-state index contributed by atoms with van der Waals surface area (Å²) in [6, 6.07) is 0. The number of aromatic nitrogens is 3. The number of aromatic amines is 1. The molecule has 7 heavy (non-hydrogen) atoms. The first-order valence-corrected chi connectivity index (χ1v) is 1.98. The van der Waals surface area contributed by atoms with Gasteiger partial charge in [0, 0.05) is 12.9 Å². The highest BCUT2D eigenvalue weighted by Gasteiger charge is 1.87. The third-order valence-corrected chi connectivity index (χ3v) is 0.675. The molecule has 0 unspecified atom stereocenters. The molecular formula is C2H3N3OS. The molecule has 1 N–H and O–H groups in total. The van der Waals surface area contributed by atoms with E-state index in [1.165, 1.54) is 6.20 Å². The van der Waals surface area contributed by atoms with Crippen LogP contribution < -0.4 is 4.18 Å². The summed E-state index contributed by atoms with van der Waals surface area (Å²) in [5.41, 5.74) is 0. The second-order valence-electron chi connectivity index (χ2n) is 0.903. The lowest BCUT2D eigenvalue weighted by atomic mass is 10.9. The van der Waals surface area contributed by atoms with Gasteiger partial charge in [-0.25, -0.2) is 0 Å². The molecule has 1 rings (SSSR count). The summed E-state index contributed by atoms with van der Waals surface area (Å²) in [7, 11) is 0. The van der Waals surface area contributed by atoms with E-state index in [0.29, 0.717) is 5.88 Å². The van der Waals surface area contributed by atoms with Crippen LogP contribution in [0.25, 0.3) is 0 Å². The summed E-state index contributed by atoms with van der Waals surface area (Å²) >= 11 is 3.45. The molecule has 1 aromatic heterocycles. The van der Waals surface area contributed by atoms with Crippen LogP contribution in [0.2, 0.25) is 0 Å². The van der Waals surface area contributed by atoms with Crippen molar-refractivity contribution < 1.29 is 4.18 Å². The van der Waals surface area contributed by atoms with E-state index in [9.17, 15) is 0 Å². The Bertz CT molecular complexity index is 127. The van der Waals surface area contributed by atoms with Gasteiger partial charge in [-0.2, -0.15) is 0 Å². The number of hydrogen-bond acceptors (Lipinski definition) is 4. The average Bonchev–Trinajstić information content (AvgIpc) is 2.14. The SMILES string of the molecule is SOc1c[nH]nn1. The molecule has 0 radical (unpaired) electrons. The smallest absolute Gasteiger partial charge is 0.266 e. The average molecular weight is 117 g/mol. The molecule has 0 aromatic carbocycles. The predicted molar refractivity (Wildman–Crippen MR) is 26.0 cm³/mol. The van der Waals surface area contributed by atoms with E-state index in [-0.39, 0.29) is 0 Å². The fourth-order valence-electron chi connectivity index (χ4n) is 0.236. The van der Waals surface area contributed by atoms with Gasteiger partial charge in [-0.05, 0) is 0 Å². The maximum absolute atomic E-state index is 4.34. The number of thiol groups is 1. The fraction of sp³-hybridized carbons (Fsp3) is 0. The van der Waals surface area contributed by atoms with Crippen LogP contribution in [0, 0.1) is 0 Å². The van der Waals surface area contributed by atoms with E-state index in [0.717, 1.165) is 0 Å². The molecule has 0 amide bonds. The highest BCUT2D eigenvalue weighted by molar-refractivity contribution is 7.75. The Morgan fingerprint density at radius 3 is 3.00 bits per heavy atom. The van der Waals surface area contributed by atoms with Gasteiger partial charge in [0.2, 0.25) is 0 Å². The first kappa shape index (κ1) is 4.45. The highest BCUT2D eigenvalue weighted by atomic mass is 32.1. The van der Waals surface area contributed by atoms with Crippen molar-refractivity contribution in [1.82, 2.24) is 15.4 Å². The minimum Gasteiger partial charge on any atom is -0.406 e. The standard InChI is InChI=1S/C2H3N3OS/c7-6-2-1-3-5-4-2/h1,7H,(H,3,4,5). The van der Waals surface area contributed by atoms with Gasteiger partial charge in [-0.3, -0.25) is 5.10 Å². The van der Waals surface area contributed by atoms with E-state index in [2.05, 4.69) is 32.5 Å². The van der Waals surface area contributed by atoms with Gasteiger partial charge in [0.1, 0.15) is 0 Å². The molecule has 0 fully saturated rings. The van der Waals surface area contributed by atoms with Gasteiger partial charge >= 0.3 is 0 Å². The molecule has 5 heteroatoms. The van der Waals surface area contributed by atoms with E-state index in [4.69, 9.17) is 0 Å². The maximum atomic E-state index is 4.34. The summed E-state index contributed by atoms with van der Waals surface area (Å²) in [4.78, 5) is 0. The molecule has 0 atom stereocenters. The zero-order valence-corrected chi connectivity index (χ0v) is 4.22. The van der Waals surface area contributed by atoms with Crippen molar-refractivity contribution >= 4 is 12.9 Å². The van der Waals surface area contributed by atoms with E-state index in [1.807, 2.05) is 0 Å². The van der Waals surface area contributed by atoms with Crippen LogP contribution in [0.5, 0.6) is 5.88 Å². The van der Waals surface area contributed by atoms with E-state index < -0.39 is 0 Å². The lowest BCUT2D eigenvalue weighted by Crippen LogP contribution is -1.71. The lowest BCUT2D eigenvalue weighted by molar-refractivity contribution is 0.623. The molecule has 0 saturated heterocycles. The minimum atomic E-state index is 0.378. The number of H-pyrrole nitrogens is 1. The van der Waals surface area contributed by atoms with Gasteiger partial charge < -0.3 is 4.18 Å². The Morgan fingerprint density at radius 1 is 1.86 bits per heavy atom. The maximum Gasteiger partial charge on any atom is 0.266 e. The molecule has 1 heterocycles. The van der Waals surface area contributed by atoms with Crippen molar-refractivity contribution in [2.24, 2.45) is 0 Å². The Morgan fingerprint density at radius 2 is 2.71 bits per heavy atom. The molecule has 0 aliphatic carbocycles. The van der Waals surface area contributed by atoms with Gasteiger partial charge in [0.05, 0.1) is 6.20 Å². The van der Waals surface area contributed by atoms with Gasteiger partial charge in [0.15, 0.2) is 0 Å². The first-order chi connectivity index (χ1) is 3.43. The topological polar surface area (TPSA) is 50.8 Å². The summed E-state index contributed by atoms with van der Waals surface area (Å²) in [6.45, 7) is 0. The minimum absolute atomic E-state index is 0.378. The van der Waals surface area contributed by atoms with Crippen molar-refractivity contribution in [2.75, 3.05) is 0 Å². The fourth-order valence-corrected chi connectivity index (χ4v) is 0.325. The van der Waals surface area contributed by atoms with Crippen LogP contribution >= 0.6 is 12.9 Å². The lowest BCUT2D eigenvalue weighted by Gasteiger charge is -1.79. The van der Waals surface area contributed by atoms with Crippen molar-refractivity contribution in [3.63, 3.8) is 0 Å². The van der Waals surface area contributed by atoms with Crippen LogP contribution in [0.15, 0.2) is 6.20 Å². The summed E-state index contributed by atoms with van der Waals surface area (Å²) < 4.78 is 4.34. The predicted octanol–water partition coefficient (Wildman–Crippen LogP) is 0.0283. The molecule has 0 aliphatic heterocycles.